The van der Waals surface area contributed by atoms with Gasteiger partial charge in [-0.25, -0.2) is 4.98 Å². The molecular weight excluding hydrogens is 401 g/mol. The van der Waals surface area contributed by atoms with Gasteiger partial charge in [-0.1, -0.05) is 35.3 Å². The van der Waals surface area contributed by atoms with Crippen molar-refractivity contribution in [1.29, 1.82) is 0 Å². The van der Waals surface area contributed by atoms with Crippen LogP contribution < -0.4 is 10.2 Å². The van der Waals surface area contributed by atoms with Crippen LogP contribution in [-0.2, 0) is 0 Å². The average Bonchev–Trinajstić information content (AvgIpc) is 3.13. The van der Waals surface area contributed by atoms with Crippen molar-refractivity contribution in [1.82, 2.24) is 4.98 Å². The van der Waals surface area contributed by atoms with Crippen LogP contribution in [-0.4, -0.2) is 24.0 Å². The second-order valence-corrected chi connectivity index (χ2v) is 7.52. The molecule has 1 heterocycles. The molecule has 2 aromatic carbocycles. The van der Waals surface area contributed by atoms with E-state index in [9.17, 15) is 4.79 Å². The number of aromatic nitrogens is 1. The molecule has 140 valence electrons. The van der Waals surface area contributed by atoms with Crippen LogP contribution in [0, 0.1) is 0 Å². The fourth-order valence-electron chi connectivity index (χ4n) is 2.63. The summed E-state index contributed by atoms with van der Waals surface area (Å²) in [6.07, 6.45) is 0. The molecule has 0 aliphatic rings. The number of nitrogens with one attached hydrogen (secondary N) is 1. The Balaban J connectivity index is 1.73. The molecule has 0 unspecified atom stereocenters. The van der Waals surface area contributed by atoms with Gasteiger partial charge in [0.1, 0.15) is 0 Å². The summed E-state index contributed by atoms with van der Waals surface area (Å²) in [7, 11) is 0. The van der Waals surface area contributed by atoms with Crippen molar-refractivity contribution in [3.05, 3.63) is 63.5 Å². The molecule has 0 radical (unpaired) electrons. The third-order valence-electron chi connectivity index (χ3n) is 4.14. The van der Waals surface area contributed by atoms with E-state index in [0.717, 1.165) is 29.5 Å². The number of carbonyl (C=O) groups is 1. The summed E-state index contributed by atoms with van der Waals surface area (Å²) in [5, 5.41) is 6.73. The predicted molar refractivity (Wildman–Crippen MR) is 116 cm³/mol. The summed E-state index contributed by atoms with van der Waals surface area (Å²) in [5.74, 6) is -0.276. The lowest BCUT2D eigenvalue weighted by atomic mass is 10.1. The van der Waals surface area contributed by atoms with Crippen LogP contribution in [0.2, 0.25) is 10.0 Å². The number of hydrogen-bond donors (Lipinski definition) is 1. The Labute approximate surface area is 172 Å². The van der Waals surface area contributed by atoms with Gasteiger partial charge in [-0.15, -0.1) is 11.3 Å². The van der Waals surface area contributed by atoms with Gasteiger partial charge in [0.05, 0.1) is 16.3 Å². The van der Waals surface area contributed by atoms with Gasteiger partial charge in [-0.2, -0.15) is 0 Å². The van der Waals surface area contributed by atoms with E-state index in [2.05, 4.69) is 29.4 Å². The quantitative estimate of drug-likeness (QED) is 0.515. The van der Waals surface area contributed by atoms with Gasteiger partial charge in [-0.05, 0) is 44.2 Å². The van der Waals surface area contributed by atoms with Crippen molar-refractivity contribution in [3.63, 3.8) is 0 Å². The lowest BCUT2D eigenvalue weighted by Gasteiger charge is -2.16. The number of hydrogen-bond acceptors (Lipinski definition) is 4. The lowest BCUT2D eigenvalue weighted by Crippen LogP contribution is -2.21. The Morgan fingerprint density at radius 3 is 2.44 bits per heavy atom. The van der Waals surface area contributed by atoms with E-state index < -0.39 is 0 Å². The fourth-order valence-corrected chi connectivity index (χ4v) is 4.09. The van der Waals surface area contributed by atoms with Crippen molar-refractivity contribution < 1.29 is 4.79 Å². The molecule has 7 heteroatoms. The molecule has 4 nitrogen and oxygen atoms in total. The van der Waals surface area contributed by atoms with E-state index in [1.165, 1.54) is 0 Å². The molecule has 0 fully saturated rings. The minimum atomic E-state index is -0.276. The van der Waals surface area contributed by atoms with E-state index in [1.54, 1.807) is 29.5 Å². The van der Waals surface area contributed by atoms with E-state index in [-0.39, 0.29) is 5.91 Å². The molecule has 1 N–H and O–H groups in total. The zero-order valence-corrected chi connectivity index (χ0v) is 17.3. The molecule has 0 spiro atoms. The summed E-state index contributed by atoms with van der Waals surface area (Å²) in [6, 6.07) is 12.4. The van der Waals surface area contributed by atoms with E-state index >= 15 is 0 Å². The molecule has 0 saturated carbocycles. The molecule has 0 aliphatic heterocycles. The first-order valence-electron chi connectivity index (χ1n) is 8.59. The zero-order chi connectivity index (χ0) is 19.4. The van der Waals surface area contributed by atoms with Crippen molar-refractivity contribution in [2.75, 3.05) is 23.3 Å². The normalized spacial score (nSPS) is 10.7. The number of rotatable bonds is 6. The molecule has 0 bridgehead atoms. The van der Waals surface area contributed by atoms with Gasteiger partial charge in [0, 0.05) is 34.7 Å². The van der Waals surface area contributed by atoms with Gasteiger partial charge < -0.3 is 10.2 Å². The van der Waals surface area contributed by atoms with Crippen molar-refractivity contribution >= 4 is 51.3 Å². The van der Waals surface area contributed by atoms with Gasteiger partial charge in [0.25, 0.3) is 5.91 Å². The second kappa shape index (κ2) is 8.74. The molecule has 3 rings (SSSR count). The highest BCUT2D eigenvalue weighted by Gasteiger charge is 2.12. The fraction of sp³-hybridized carbons (Fsp3) is 0.200. The summed E-state index contributed by atoms with van der Waals surface area (Å²) >= 11 is 13.6. The van der Waals surface area contributed by atoms with E-state index in [1.807, 2.05) is 24.3 Å². The number of thiazole rings is 1. The number of anilines is 2. The SMILES string of the molecule is CCN(CC)c1nc(-c2ccc(NC(=O)c3ccc(Cl)cc3Cl)cc2)cs1. The zero-order valence-electron chi connectivity index (χ0n) is 15.0. The largest absolute Gasteiger partial charge is 0.349 e. The molecule has 0 saturated heterocycles. The Morgan fingerprint density at radius 2 is 1.81 bits per heavy atom. The number of nitrogens with zero attached hydrogens (tertiary/aromatic N) is 2. The standard InChI is InChI=1S/C20H19Cl2N3OS/c1-3-25(4-2)20-24-18(12-27-20)13-5-8-15(9-6-13)23-19(26)16-10-7-14(21)11-17(16)22/h5-12H,3-4H2,1-2H3,(H,23,26). The number of benzene rings is 2. The van der Waals surface area contributed by atoms with Gasteiger partial charge >= 0.3 is 0 Å². The van der Waals surface area contributed by atoms with Crippen molar-refractivity contribution in [2.45, 2.75) is 13.8 Å². The summed E-state index contributed by atoms with van der Waals surface area (Å²) in [6.45, 7) is 6.10. The molecule has 27 heavy (non-hydrogen) atoms. The highest BCUT2D eigenvalue weighted by atomic mass is 35.5. The van der Waals surface area contributed by atoms with Crippen molar-refractivity contribution in [2.24, 2.45) is 0 Å². The predicted octanol–water partition coefficient (Wildman–Crippen LogP) is 6.22. The highest BCUT2D eigenvalue weighted by molar-refractivity contribution is 7.14. The Bertz CT molecular complexity index is 937. The average molecular weight is 420 g/mol. The lowest BCUT2D eigenvalue weighted by molar-refractivity contribution is 0.102. The van der Waals surface area contributed by atoms with Crippen LogP contribution in [0.3, 0.4) is 0 Å². The Kier molecular flexibility index (Phi) is 6.37. The van der Waals surface area contributed by atoms with Crippen LogP contribution in [0.15, 0.2) is 47.8 Å². The molecule has 3 aromatic rings. The molecule has 1 amide bonds. The number of halogens is 2. The maximum atomic E-state index is 12.4. The van der Waals surface area contributed by atoms with Gasteiger partial charge in [0.2, 0.25) is 0 Å². The minimum Gasteiger partial charge on any atom is -0.349 e. The van der Waals surface area contributed by atoms with E-state index in [4.69, 9.17) is 28.2 Å². The first-order valence-corrected chi connectivity index (χ1v) is 10.2. The third kappa shape index (κ3) is 4.61. The monoisotopic (exact) mass is 419 g/mol. The third-order valence-corrected chi connectivity index (χ3v) is 5.59. The maximum absolute atomic E-state index is 12.4. The van der Waals surface area contributed by atoms with Crippen LogP contribution >= 0.6 is 34.5 Å². The highest BCUT2D eigenvalue weighted by Crippen LogP contribution is 2.28. The minimum absolute atomic E-state index is 0.276. The molecule has 0 atom stereocenters. The number of amides is 1. The van der Waals surface area contributed by atoms with Crippen LogP contribution in [0.1, 0.15) is 24.2 Å². The Hall–Kier alpha value is -2.08. The number of carbonyl (C=O) groups excluding carboxylic acids is 1. The Morgan fingerprint density at radius 1 is 1.11 bits per heavy atom. The second-order valence-electron chi connectivity index (χ2n) is 5.84. The van der Waals surface area contributed by atoms with E-state index in [0.29, 0.717) is 21.3 Å². The van der Waals surface area contributed by atoms with Crippen LogP contribution in [0.4, 0.5) is 10.8 Å². The summed E-state index contributed by atoms with van der Waals surface area (Å²) in [5.41, 5.74) is 3.01. The topological polar surface area (TPSA) is 45.2 Å². The first kappa shape index (κ1) is 19.7. The van der Waals surface area contributed by atoms with Crippen LogP contribution in [0.5, 0.6) is 0 Å². The van der Waals surface area contributed by atoms with Gasteiger partial charge in [0.15, 0.2) is 5.13 Å². The summed E-state index contributed by atoms with van der Waals surface area (Å²) in [4.78, 5) is 19.3. The summed E-state index contributed by atoms with van der Waals surface area (Å²) < 4.78 is 0. The maximum Gasteiger partial charge on any atom is 0.257 e. The smallest absolute Gasteiger partial charge is 0.257 e. The van der Waals surface area contributed by atoms with Crippen molar-refractivity contribution in [3.8, 4) is 11.3 Å². The van der Waals surface area contributed by atoms with Gasteiger partial charge in [-0.3, -0.25) is 4.79 Å². The first-order chi connectivity index (χ1) is 13.0. The molecule has 1 aromatic heterocycles. The molecule has 0 aliphatic carbocycles. The molecular formula is C20H19Cl2N3OS. The van der Waals surface area contributed by atoms with Crippen LogP contribution in [0.25, 0.3) is 11.3 Å².